The van der Waals surface area contributed by atoms with Crippen LogP contribution in [0.1, 0.15) is 45.7 Å². The number of aromatic nitrogens is 4. The molecule has 1 saturated heterocycles. The van der Waals surface area contributed by atoms with Crippen molar-refractivity contribution in [3.8, 4) is 5.75 Å². The zero-order valence-electron chi connectivity index (χ0n) is 23.1. The van der Waals surface area contributed by atoms with Crippen LogP contribution in [-0.2, 0) is 23.4 Å². The molecule has 6 atom stereocenters. The van der Waals surface area contributed by atoms with Gasteiger partial charge in [0.15, 0.2) is 29.4 Å². The topological polar surface area (TPSA) is 159 Å². The highest BCUT2D eigenvalue weighted by molar-refractivity contribution is 7.52. The Labute approximate surface area is 236 Å². The van der Waals surface area contributed by atoms with E-state index in [0.717, 1.165) is 12.8 Å². The van der Waals surface area contributed by atoms with Crippen LogP contribution in [0.15, 0.2) is 36.7 Å². The molecule has 2 fully saturated rings. The number of carbonyl (C=O) groups is 1. The van der Waals surface area contributed by atoms with Crippen molar-refractivity contribution >= 4 is 30.7 Å². The minimum absolute atomic E-state index is 0.206. The van der Waals surface area contributed by atoms with E-state index in [2.05, 4.69) is 25.4 Å². The average Bonchev–Trinajstić information content (AvgIpc) is 3.57. The van der Waals surface area contributed by atoms with Crippen molar-refractivity contribution in [1.82, 2.24) is 24.6 Å². The van der Waals surface area contributed by atoms with Gasteiger partial charge >= 0.3 is 13.7 Å². The Hall–Kier alpha value is -3.16. The second-order valence-corrected chi connectivity index (χ2v) is 12.1. The van der Waals surface area contributed by atoms with Crippen LogP contribution >= 0.6 is 7.75 Å². The van der Waals surface area contributed by atoms with Gasteiger partial charge in [0.2, 0.25) is 0 Å². The number of esters is 1. The van der Waals surface area contributed by atoms with Crippen LogP contribution in [0.4, 0.5) is 10.2 Å². The number of para-hydroxylation sites is 1. The summed E-state index contributed by atoms with van der Waals surface area (Å²) in [5.41, 5.74) is 0.805. The fourth-order valence-electron chi connectivity index (χ4n) is 4.30. The first kappa shape index (κ1) is 29.3. The molecule has 1 saturated carbocycles. The van der Waals surface area contributed by atoms with Crippen LogP contribution < -0.4 is 14.9 Å². The zero-order chi connectivity index (χ0) is 29.3. The molecular weight excluding hydrogens is 558 g/mol. The number of aliphatic hydroxyl groups excluding tert-OH is 1. The highest BCUT2D eigenvalue weighted by atomic mass is 31.2. The van der Waals surface area contributed by atoms with Crippen molar-refractivity contribution in [2.24, 2.45) is 0 Å². The predicted octanol–water partition coefficient (Wildman–Crippen LogP) is 3.44. The van der Waals surface area contributed by atoms with Gasteiger partial charge in [0.25, 0.3) is 0 Å². The van der Waals surface area contributed by atoms with Crippen LogP contribution in [0, 0.1) is 6.92 Å². The number of nitrogens with zero attached hydrogens (tertiary/aromatic N) is 4. The van der Waals surface area contributed by atoms with Crippen molar-refractivity contribution in [2.45, 2.75) is 83.3 Å². The average molecular weight is 593 g/mol. The number of aryl methyl sites for hydroxylation is 1. The lowest BCUT2D eigenvalue weighted by atomic mass is 10.1. The lowest BCUT2D eigenvalue weighted by Crippen LogP contribution is -2.37. The molecule has 1 aliphatic heterocycles. The lowest BCUT2D eigenvalue weighted by Gasteiger charge is -2.25. The Morgan fingerprint density at radius 3 is 2.66 bits per heavy atom. The second kappa shape index (κ2) is 12.0. The highest BCUT2D eigenvalue weighted by Gasteiger charge is 2.47. The van der Waals surface area contributed by atoms with Gasteiger partial charge in [-0.2, -0.15) is 5.09 Å². The molecule has 0 bridgehead atoms. The summed E-state index contributed by atoms with van der Waals surface area (Å²) in [6.45, 7) is 6.02. The number of ether oxygens (including phenoxy) is 2. The number of hydrogen-bond donors (Lipinski definition) is 3. The third kappa shape index (κ3) is 6.84. The number of carbonyl (C=O) groups excluding carboxylic acids is 1. The summed E-state index contributed by atoms with van der Waals surface area (Å²) < 4.78 is 52.8. The van der Waals surface area contributed by atoms with Gasteiger partial charge in [0.1, 0.15) is 29.8 Å². The largest absolute Gasteiger partial charge is 0.462 e. The predicted molar refractivity (Wildman–Crippen MR) is 146 cm³/mol. The SMILES string of the molecule is Cc1nc(NC2CC2)c2ncn([C@@H]3O[C@H](COP(=O)(N[C@H](C)C(=O)OC(C)C)Oc4ccccc4)[C@@H](O)[C@H]3F)c2n1. The van der Waals surface area contributed by atoms with Gasteiger partial charge in [0, 0.05) is 6.04 Å². The summed E-state index contributed by atoms with van der Waals surface area (Å²) >= 11 is 0. The van der Waals surface area contributed by atoms with Gasteiger partial charge in [-0.05, 0) is 52.7 Å². The van der Waals surface area contributed by atoms with E-state index in [1.807, 2.05) is 0 Å². The molecule has 3 aromatic rings. The number of nitrogens with one attached hydrogen (secondary N) is 2. The van der Waals surface area contributed by atoms with Gasteiger partial charge < -0.3 is 24.4 Å². The molecule has 1 aliphatic carbocycles. The molecule has 2 aromatic heterocycles. The number of hydrogen-bond acceptors (Lipinski definition) is 11. The molecule has 3 heterocycles. The first-order chi connectivity index (χ1) is 19.5. The van der Waals surface area contributed by atoms with Crippen LogP contribution in [0.25, 0.3) is 11.2 Å². The molecule has 2 aliphatic rings. The van der Waals surface area contributed by atoms with E-state index in [1.165, 1.54) is 17.8 Å². The number of alkyl halides is 1. The molecular formula is C26H34FN6O7P. The summed E-state index contributed by atoms with van der Waals surface area (Å²) in [6.07, 6.45) is -2.96. The molecule has 13 nitrogen and oxygen atoms in total. The van der Waals surface area contributed by atoms with Crippen LogP contribution in [0.5, 0.6) is 5.75 Å². The van der Waals surface area contributed by atoms with Crippen LogP contribution in [-0.4, -0.2) is 73.8 Å². The summed E-state index contributed by atoms with van der Waals surface area (Å²) in [5.74, 6) is 0.558. The molecule has 1 aromatic carbocycles. The minimum atomic E-state index is -4.25. The Morgan fingerprint density at radius 1 is 1.24 bits per heavy atom. The number of rotatable bonds is 12. The summed E-state index contributed by atoms with van der Waals surface area (Å²) in [7, 11) is -4.25. The Kier molecular flexibility index (Phi) is 8.57. The summed E-state index contributed by atoms with van der Waals surface area (Å²) in [4.78, 5) is 25.6. The molecule has 1 unspecified atom stereocenters. The van der Waals surface area contributed by atoms with Gasteiger partial charge in [-0.15, -0.1) is 0 Å². The molecule has 222 valence electrons. The molecule has 41 heavy (non-hydrogen) atoms. The van der Waals surface area contributed by atoms with Crippen molar-refractivity contribution in [3.05, 3.63) is 42.5 Å². The van der Waals surface area contributed by atoms with Crippen LogP contribution in [0.2, 0.25) is 0 Å². The molecule has 3 N–H and O–H groups in total. The monoisotopic (exact) mass is 592 g/mol. The first-order valence-electron chi connectivity index (χ1n) is 13.5. The van der Waals surface area contributed by atoms with Crippen LogP contribution in [0.3, 0.4) is 0 Å². The number of halogens is 1. The van der Waals surface area contributed by atoms with Crippen molar-refractivity contribution in [2.75, 3.05) is 11.9 Å². The molecule has 0 spiro atoms. The molecule has 15 heteroatoms. The van der Waals surface area contributed by atoms with E-state index in [1.54, 1.807) is 51.1 Å². The lowest BCUT2D eigenvalue weighted by molar-refractivity contribution is -0.149. The third-order valence-corrected chi connectivity index (χ3v) is 8.10. The van der Waals surface area contributed by atoms with E-state index in [-0.39, 0.29) is 5.75 Å². The number of imidazole rings is 1. The number of benzene rings is 1. The Morgan fingerprint density at radius 2 is 1.98 bits per heavy atom. The fraction of sp³-hybridized carbons (Fsp3) is 0.538. The maximum atomic E-state index is 15.4. The van der Waals surface area contributed by atoms with E-state index < -0.39 is 57.1 Å². The number of fused-ring (bicyclic) bond motifs is 1. The van der Waals surface area contributed by atoms with Gasteiger partial charge in [-0.25, -0.2) is 23.9 Å². The normalized spacial score (nSPS) is 24.8. The second-order valence-electron chi connectivity index (χ2n) is 10.4. The quantitative estimate of drug-likeness (QED) is 0.208. The zero-order valence-corrected chi connectivity index (χ0v) is 24.0. The number of anilines is 1. The van der Waals surface area contributed by atoms with E-state index in [0.29, 0.717) is 28.8 Å². The van der Waals surface area contributed by atoms with Crippen molar-refractivity contribution in [1.29, 1.82) is 0 Å². The van der Waals surface area contributed by atoms with Gasteiger partial charge in [-0.3, -0.25) is 13.9 Å². The summed E-state index contributed by atoms with van der Waals surface area (Å²) in [5, 5.41) is 16.6. The third-order valence-electron chi connectivity index (χ3n) is 6.45. The van der Waals surface area contributed by atoms with E-state index in [9.17, 15) is 14.5 Å². The maximum absolute atomic E-state index is 15.4. The van der Waals surface area contributed by atoms with Gasteiger partial charge in [0.05, 0.1) is 19.0 Å². The minimum Gasteiger partial charge on any atom is -0.462 e. The standard InChI is InChI=1S/C26H34FN6O7P/c1-14(2)38-26(35)15(3)32-41(36,40-18-8-6-5-7-9-18)37-12-19-22(34)20(27)25(39-19)33-13-28-21-23(31-17-10-11-17)29-16(4)30-24(21)33/h5-9,13-15,17,19-20,22,25,34H,10-12H2,1-4H3,(H,32,36)(H,29,30,31)/t15-,19-,20-,22-,25-,41?/m1/s1. The molecule has 0 amide bonds. The van der Waals surface area contributed by atoms with Crippen molar-refractivity contribution in [3.63, 3.8) is 0 Å². The fourth-order valence-corrected chi connectivity index (χ4v) is 5.81. The van der Waals surface area contributed by atoms with Crippen molar-refractivity contribution < 1.29 is 37.4 Å². The van der Waals surface area contributed by atoms with Gasteiger partial charge in [-0.1, -0.05) is 18.2 Å². The summed E-state index contributed by atoms with van der Waals surface area (Å²) in [6, 6.07) is 7.45. The smallest absolute Gasteiger partial charge is 0.459 e. The number of aliphatic hydroxyl groups is 1. The maximum Gasteiger partial charge on any atom is 0.459 e. The molecule has 0 radical (unpaired) electrons. The molecule has 5 rings (SSSR count). The first-order valence-corrected chi connectivity index (χ1v) is 15.0. The highest BCUT2D eigenvalue weighted by Crippen LogP contribution is 2.46. The van der Waals surface area contributed by atoms with E-state index in [4.69, 9.17) is 18.5 Å². The van der Waals surface area contributed by atoms with E-state index >= 15 is 4.39 Å². The Balaban J connectivity index is 1.32. The Bertz CT molecular complexity index is 1420.